The van der Waals surface area contributed by atoms with Gasteiger partial charge in [0.25, 0.3) is 0 Å². The molecule has 0 saturated carbocycles. The van der Waals surface area contributed by atoms with Crippen LogP contribution in [0.2, 0.25) is 0 Å². The third-order valence-electron chi connectivity index (χ3n) is 3.81. The first kappa shape index (κ1) is 14.1. The van der Waals surface area contributed by atoms with Crippen molar-refractivity contribution in [2.24, 2.45) is 0 Å². The van der Waals surface area contributed by atoms with E-state index < -0.39 is 0 Å². The van der Waals surface area contributed by atoms with Crippen molar-refractivity contribution in [3.05, 3.63) is 52.5 Å². The first-order valence-corrected chi connectivity index (χ1v) is 7.84. The molecule has 108 valence electrons. The van der Waals surface area contributed by atoms with E-state index in [0.29, 0.717) is 5.69 Å². The number of para-hydroxylation sites is 1. The van der Waals surface area contributed by atoms with Crippen molar-refractivity contribution in [3.63, 3.8) is 0 Å². The van der Waals surface area contributed by atoms with Gasteiger partial charge in [-0.15, -0.1) is 11.3 Å². The van der Waals surface area contributed by atoms with Crippen LogP contribution in [0.5, 0.6) is 0 Å². The summed E-state index contributed by atoms with van der Waals surface area (Å²) in [5.41, 5.74) is 0.654. The monoisotopic (exact) mass is 301 g/mol. The van der Waals surface area contributed by atoms with Crippen molar-refractivity contribution in [1.29, 1.82) is 5.26 Å². The van der Waals surface area contributed by atoms with Crippen LogP contribution >= 0.6 is 11.3 Å². The molecule has 1 saturated heterocycles. The van der Waals surface area contributed by atoms with Crippen molar-refractivity contribution < 1.29 is 4.39 Å². The van der Waals surface area contributed by atoms with E-state index in [4.69, 9.17) is 0 Å². The molecule has 2 aromatic rings. The molecule has 1 aliphatic rings. The summed E-state index contributed by atoms with van der Waals surface area (Å²) >= 11 is 1.61. The number of piperazine rings is 1. The highest BCUT2D eigenvalue weighted by molar-refractivity contribution is 7.10. The number of hydrogen-bond acceptors (Lipinski definition) is 4. The molecule has 1 aliphatic heterocycles. The predicted molar refractivity (Wildman–Crippen MR) is 82.9 cm³/mol. The van der Waals surface area contributed by atoms with Gasteiger partial charge >= 0.3 is 0 Å². The Balaban J connectivity index is 1.68. The predicted octanol–water partition coefficient (Wildman–Crippen LogP) is 3.27. The number of nitrogens with zero attached hydrogens (tertiary/aromatic N) is 3. The van der Waals surface area contributed by atoms with Crippen molar-refractivity contribution in [2.75, 3.05) is 31.1 Å². The van der Waals surface area contributed by atoms with Crippen LogP contribution in [-0.2, 0) is 0 Å². The van der Waals surface area contributed by atoms with Gasteiger partial charge in [0.05, 0.1) is 11.8 Å². The maximum Gasteiger partial charge on any atom is 0.146 e. The van der Waals surface area contributed by atoms with Gasteiger partial charge in [-0.3, -0.25) is 4.90 Å². The molecule has 1 fully saturated rings. The van der Waals surface area contributed by atoms with Gasteiger partial charge in [0.15, 0.2) is 0 Å². The van der Waals surface area contributed by atoms with Crippen LogP contribution in [0, 0.1) is 17.1 Å². The third-order valence-corrected chi connectivity index (χ3v) is 4.73. The average molecular weight is 301 g/mol. The standard InChI is InChI=1S/C16H16FN3S/c17-13-4-1-2-5-14(13)19-7-9-20(10-8-19)15(12-18)16-6-3-11-21-16/h1-6,11,15H,7-10H2. The maximum absolute atomic E-state index is 13.8. The lowest BCUT2D eigenvalue weighted by molar-refractivity contribution is 0.224. The highest BCUT2D eigenvalue weighted by Gasteiger charge is 2.26. The maximum atomic E-state index is 13.8. The summed E-state index contributed by atoms with van der Waals surface area (Å²) in [4.78, 5) is 5.30. The first-order chi connectivity index (χ1) is 10.3. The van der Waals surface area contributed by atoms with Crippen LogP contribution < -0.4 is 4.90 Å². The van der Waals surface area contributed by atoms with Gasteiger partial charge in [-0.1, -0.05) is 18.2 Å². The molecule has 0 radical (unpaired) electrons. The second-order valence-corrected chi connectivity index (χ2v) is 6.00. The Labute approximate surface area is 127 Å². The zero-order valence-corrected chi connectivity index (χ0v) is 12.4. The summed E-state index contributed by atoms with van der Waals surface area (Å²) in [5, 5.41) is 11.4. The summed E-state index contributed by atoms with van der Waals surface area (Å²) in [7, 11) is 0. The third kappa shape index (κ3) is 2.92. The van der Waals surface area contributed by atoms with Crippen LogP contribution in [0.4, 0.5) is 10.1 Å². The van der Waals surface area contributed by atoms with Crippen LogP contribution in [0.1, 0.15) is 10.9 Å². The zero-order chi connectivity index (χ0) is 14.7. The van der Waals surface area contributed by atoms with Gasteiger partial charge in [-0.25, -0.2) is 4.39 Å². The Morgan fingerprint density at radius 2 is 1.86 bits per heavy atom. The molecule has 0 spiro atoms. The van der Waals surface area contributed by atoms with E-state index in [1.54, 1.807) is 17.4 Å². The number of hydrogen-bond donors (Lipinski definition) is 0. The lowest BCUT2D eigenvalue weighted by Crippen LogP contribution is -2.47. The van der Waals surface area contributed by atoms with Crippen LogP contribution in [-0.4, -0.2) is 31.1 Å². The Hall–Kier alpha value is -1.90. The topological polar surface area (TPSA) is 30.3 Å². The van der Waals surface area contributed by atoms with Crippen LogP contribution in [0.3, 0.4) is 0 Å². The molecule has 5 heteroatoms. The number of rotatable bonds is 3. The Bertz CT molecular complexity index is 627. The molecule has 1 aromatic carbocycles. The molecule has 1 aromatic heterocycles. The van der Waals surface area contributed by atoms with E-state index in [9.17, 15) is 9.65 Å². The molecule has 0 amide bonds. The van der Waals surface area contributed by atoms with Crippen molar-refractivity contribution in [3.8, 4) is 6.07 Å². The molecule has 0 N–H and O–H groups in total. The Morgan fingerprint density at radius 3 is 2.48 bits per heavy atom. The second-order valence-electron chi connectivity index (χ2n) is 5.02. The average Bonchev–Trinajstić information content (AvgIpc) is 3.04. The zero-order valence-electron chi connectivity index (χ0n) is 11.6. The van der Waals surface area contributed by atoms with E-state index in [-0.39, 0.29) is 11.9 Å². The van der Waals surface area contributed by atoms with E-state index >= 15 is 0 Å². The molecule has 0 bridgehead atoms. The molecule has 1 unspecified atom stereocenters. The van der Waals surface area contributed by atoms with Gasteiger partial charge in [-0.05, 0) is 23.6 Å². The molecular weight excluding hydrogens is 285 g/mol. The van der Waals surface area contributed by atoms with Crippen molar-refractivity contribution in [2.45, 2.75) is 6.04 Å². The van der Waals surface area contributed by atoms with E-state index in [2.05, 4.69) is 15.9 Å². The minimum atomic E-state index is -0.187. The SMILES string of the molecule is N#CC(c1cccs1)N1CCN(c2ccccc2F)CC1. The van der Waals surface area contributed by atoms with Gasteiger partial charge in [0, 0.05) is 31.1 Å². The Kier molecular flexibility index (Phi) is 4.18. The molecule has 21 heavy (non-hydrogen) atoms. The van der Waals surface area contributed by atoms with E-state index in [1.807, 2.05) is 29.6 Å². The smallest absolute Gasteiger partial charge is 0.146 e. The minimum Gasteiger partial charge on any atom is -0.367 e. The van der Waals surface area contributed by atoms with Gasteiger partial charge in [-0.2, -0.15) is 5.26 Å². The van der Waals surface area contributed by atoms with Crippen molar-refractivity contribution >= 4 is 17.0 Å². The summed E-state index contributed by atoms with van der Waals surface area (Å²) in [6, 6.07) is 13.0. The second kappa shape index (κ2) is 6.25. The largest absolute Gasteiger partial charge is 0.367 e. The number of nitriles is 1. The molecule has 3 nitrogen and oxygen atoms in total. The normalized spacial score (nSPS) is 17.4. The summed E-state index contributed by atoms with van der Waals surface area (Å²) in [6.07, 6.45) is 0. The fraction of sp³-hybridized carbons (Fsp3) is 0.312. The first-order valence-electron chi connectivity index (χ1n) is 6.96. The summed E-state index contributed by atoms with van der Waals surface area (Å²) in [6.45, 7) is 3.02. The lowest BCUT2D eigenvalue weighted by atomic mass is 10.1. The quantitative estimate of drug-likeness (QED) is 0.871. The Morgan fingerprint density at radius 1 is 1.10 bits per heavy atom. The molecule has 1 atom stereocenters. The molecule has 3 rings (SSSR count). The highest BCUT2D eigenvalue weighted by atomic mass is 32.1. The minimum absolute atomic E-state index is 0.180. The van der Waals surface area contributed by atoms with E-state index in [0.717, 1.165) is 31.1 Å². The molecular formula is C16H16FN3S. The van der Waals surface area contributed by atoms with Crippen LogP contribution in [0.25, 0.3) is 0 Å². The number of anilines is 1. The van der Waals surface area contributed by atoms with Crippen LogP contribution in [0.15, 0.2) is 41.8 Å². The fourth-order valence-corrected chi connectivity index (χ4v) is 3.50. The summed E-state index contributed by atoms with van der Waals surface area (Å²) in [5.74, 6) is -0.180. The molecule has 2 heterocycles. The van der Waals surface area contributed by atoms with Gasteiger partial charge in [0.1, 0.15) is 11.9 Å². The fourth-order valence-electron chi connectivity index (χ4n) is 2.70. The lowest BCUT2D eigenvalue weighted by Gasteiger charge is -2.37. The molecule has 0 aliphatic carbocycles. The van der Waals surface area contributed by atoms with E-state index in [1.165, 1.54) is 6.07 Å². The summed E-state index contributed by atoms with van der Waals surface area (Å²) < 4.78 is 13.8. The number of benzene rings is 1. The van der Waals surface area contributed by atoms with Gasteiger partial charge in [0.2, 0.25) is 0 Å². The highest BCUT2D eigenvalue weighted by Crippen LogP contribution is 2.27. The number of halogens is 1. The number of thiophene rings is 1. The van der Waals surface area contributed by atoms with Crippen molar-refractivity contribution in [1.82, 2.24) is 4.90 Å². The van der Waals surface area contributed by atoms with Gasteiger partial charge < -0.3 is 4.90 Å².